The van der Waals surface area contributed by atoms with Crippen LogP contribution in [0, 0.1) is 13.8 Å². The second kappa shape index (κ2) is 4.21. The van der Waals surface area contributed by atoms with Gasteiger partial charge in [0.1, 0.15) is 0 Å². The predicted molar refractivity (Wildman–Crippen MR) is 51.5 cm³/mol. The van der Waals surface area contributed by atoms with Crippen LogP contribution in [0.5, 0.6) is 0 Å². The highest BCUT2D eigenvalue weighted by Crippen LogP contribution is 2.16. The van der Waals surface area contributed by atoms with E-state index in [9.17, 15) is 4.79 Å². The summed E-state index contributed by atoms with van der Waals surface area (Å²) in [5, 5.41) is 17.4. The van der Waals surface area contributed by atoms with Crippen LogP contribution in [0.4, 0.5) is 0 Å². The van der Waals surface area contributed by atoms with Crippen molar-refractivity contribution < 1.29 is 15.1 Å². The summed E-state index contributed by atoms with van der Waals surface area (Å²) in [6.07, 6.45) is 0. The molecule has 0 radical (unpaired) electrons. The first-order valence-electron chi connectivity index (χ1n) is 4.26. The molecule has 3 N–H and O–H groups in total. The van der Waals surface area contributed by atoms with Gasteiger partial charge < -0.3 is 10.3 Å². The maximum atomic E-state index is 10.7. The lowest BCUT2D eigenvalue weighted by Crippen LogP contribution is -2.10. The molecule has 0 fully saturated rings. The first-order chi connectivity index (χ1) is 6.56. The molecule has 0 aliphatic heterocycles. The minimum absolute atomic E-state index is 0.248. The summed E-state index contributed by atoms with van der Waals surface area (Å²) in [6, 6.07) is 3.19. The van der Waals surface area contributed by atoms with E-state index in [-0.39, 0.29) is 12.1 Å². The van der Waals surface area contributed by atoms with Crippen molar-refractivity contribution in [2.24, 2.45) is 0 Å². The molecule has 0 aromatic heterocycles. The molecule has 0 atom stereocenters. The largest absolute Gasteiger partial charge is 0.478 e. The van der Waals surface area contributed by atoms with Crippen LogP contribution in [0.15, 0.2) is 12.1 Å². The molecular formula is C10H13NO3. The number of hydrogen-bond donors (Lipinski definition) is 3. The fraction of sp³-hybridized carbons (Fsp3) is 0.300. The molecule has 0 unspecified atom stereocenters. The zero-order valence-corrected chi connectivity index (χ0v) is 8.16. The van der Waals surface area contributed by atoms with Crippen LogP contribution in [0.2, 0.25) is 0 Å². The fourth-order valence-electron chi connectivity index (χ4n) is 1.32. The average Bonchev–Trinajstić information content (AvgIpc) is 2.12. The number of carboxylic acids is 1. The van der Waals surface area contributed by atoms with Crippen molar-refractivity contribution in [2.75, 3.05) is 0 Å². The molecule has 1 aromatic rings. The monoisotopic (exact) mass is 195 g/mol. The molecule has 0 bridgehead atoms. The average molecular weight is 195 g/mol. The van der Waals surface area contributed by atoms with Gasteiger partial charge in [0, 0.05) is 6.54 Å². The Balaban J connectivity index is 3.20. The van der Waals surface area contributed by atoms with Gasteiger partial charge in [0.25, 0.3) is 0 Å². The minimum Gasteiger partial charge on any atom is -0.478 e. The van der Waals surface area contributed by atoms with E-state index < -0.39 is 5.97 Å². The van der Waals surface area contributed by atoms with Crippen molar-refractivity contribution in [3.05, 3.63) is 34.4 Å². The summed E-state index contributed by atoms with van der Waals surface area (Å²) in [5.41, 5.74) is 4.98. The van der Waals surface area contributed by atoms with E-state index in [1.807, 2.05) is 19.3 Å². The lowest BCUT2D eigenvalue weighted by molar-refractivity contribution is 0.0696. The molecule has 0 saturated carbocycles. The van der Waals surface area contributed by atoms with Gasteiger partial charge in [-0.05, 0) is 42.7 Å². The second-order valence-electron chi connectivity index (χ2n) is 3.22. The van der Waals surface area contributed by atoms with Crippen LogP contribution in [0.25, 0.3) is 0 Å². The van der Waals surface area contributed by atoms with Gasteiger partial charge in [-0.25, -0.2) is 10.3 Å². The maximum absolute atomic E-state index is 10.7. The summed E-state index contributed by atoms with van der Waals surface area (Å²) in [4.78, 5) is 10.7. The van der Waals surface area contributed by atoms with Gasteiger partial charge in [0.05, 0.1) is 5.56 Å². The van der Waals surface area contributed by atoms with Crippen molar-refractivity contribution in [2.45, 2.75) is 20.4 Å². The van der Waals surface area contributed by atoms with Gasteiger partial charge in [0.2, 0.25) is 0 Å². The molecule has 0 saturated heterocycles. The lowest BCUT2D eigenvalue weighted by atomic mass is 10.00. The number of carbonyl (C=O) groups is 1. The Kier molecular flexibility index (Phi) is 3.22. The van der Waals surface area contributed by atoms with E-state index in [0.29, 0.717) is 0 Å². The molecule has 1 aromatic carbocycles. The van der Waals surface area contributed by atoms with Crippen LogP contribution < -0.4 is 5.48 Å². The van der Waals surface area contributed by atoms with Gasteiger partial charge in [-0.1, -0.05) is 0 Å². The highest BCUT2D eigenvalue weighted by molar-refractivity contribution is 5.88. The molecule has 4 heteroatoms. The molecule has 0 aliphatic rings. The predicted octanol–water partition coefficient (Wildman–Crippen LogP) is 1.48. The van der Waals surface area contributed by atoms with E-state index in [1.165, 1.54) is 0 Å². The van der Waals surface area contributed by atoms with Crippen molar-refractivity contribution in [3.63, 3.8) is 0 Å². The Morgan fingerprint density at radius 2 is 2.07 bits per heavy atom. The normalized spacial score (nSPS) is 10.2. The Bertz CT molecular complexity index is 361. The van der Waals surface area contributed by atoms with Crippen molar-refractivity contribution in [1.82, 2.24) is 5.48 Å². The highest BCUT2D eigenvalue weighted by atomic mass is 16.5. The van der Waals surface area contributed by atoms with Gasteiger partial charge in [0.15, 0.2) is 0 Å². The van der Waals surface area contributed by atoms with Crippen LogP contribution in [-0.2, 0) is 6.54 Å². The summed E-state index contributed by atoms with van der Waals surface area (Å²) >= 11 is 0. The van der Waals surface area contributed by atoms with Crippen LogP contribution in [0.3, 0.4) is 0 Å². The van der Waals surface area contributed by atoms with Crippen LogP contribution in [0.1, 0.15) is 27.0 Å². The number of benzene rings is 1. The number of aromatic carboxylic acids is 1. The number of hydroxylamine groups is 1. The molecule has 0 heterocycles. The quantitative estimate of drug-likeness (QED) is 0.639. The van der Waals surface area contributed by atoms with E-state index in [1.54, 1.807) is 12.1 Å². The summed E-state index contributed by atoms with van der Waals surface area (Å²) in [6.45, 7) is 4.00. The smallest absolute Gasteiger partial charge is 0.335 e. The Hall–Kier alpha value is -1.39. The molecule has 0 aliphatic carbocycles. The number of nitrogens with one attached hydrogen (secondary N) is 1. The number of rotatable bonds is 3. The lowest BCUT2D eigenvalue weighted by Gasteiger charge is -2.09. The zero-order chi connectivity index (χ0) is 10.7. The number of aryl methyl sites for hydroxylation is 1. The van der Waals surface area contributed by atoms with Gasteiger partial charge in [-0.2, -0.15) is 0 Å². The third kappa shape index (κ3) is 2.10. The molecule has 0 spiro atoms. The Morgan fingerprint density at radius 1 is 1.43 bits per heavy atom. The summed E-state index contributed by atoms with van der Waals surface area (Å²) in [5.74, 6) is -0.952. The van der Waals surface area contributed by atoms with Crippen LogP contribution >= 0.6 is 0 Å². The second-order valence-corrected chi connectivity index (χ2v) is 3.22. The fourth-order valence-corrected chi connectivity index (χ4v) is 1.32. The third-order valence-electron chi connectivity index (χ3n) is 2.29. The Morgan fingerprint density at radius 3 is 2.57 bits per heavy atom. The third-order valence-corrected chi connectivity index (χ3v) is 2.29. The van der Waals surface area contributed by atoms with Gasteiger partial charge >= 0.3 is 5.97 Å². The molecule has 1 rings (SSSR count). The maximum Gasteiger partial charge on any atom is 0.335 e. The molecule has 0 amide bonds. The van der Waals surface area contributed by atoms with Gasteiger partial charge in [-0.15, -0.1) is 0 Å². The van der Waals surface area contributed by atoms with Crippen molar-refractivity contribution in [3.8, 4) is 0 Å². The van der Waals surface area contributed by atoms with Crippen LogP contribution in [-0.4, -0.2) is 16.3 Å². The van der Waals surface area contributed by atoms with Crippen molar-refractivity contribution in [1.29, 1.82) is 0 Å². The van der Waals surface area contributed by atoms with Crippen molar-refractivity contribution >= 4 is 5.97 Å². The highest BCUT2D eigenvalue weighted by Gasteiger charge is 2.08. The molecule has 4 nitrogen and oxygen atoms in total. The van der Waals surface area contributed by atoms with E-state index >= 15 is 0 Å². The summed E-state index contributed by atoms with van der Waals surface area (Å²) < 4.78 is 0. The molecule has 14 heavy (non-hydrogen) atoms. The minimum atomic E-state index is -0.952. The topological polar surface area (TPSA) is 69.6 Å². The summed E-state index contributed by atoms with van der Waals surface area (Å²) in [7, 11) is 0. The SMILES string of the molecule is Cc1cc(C(=O)O)cc(CNO)c1C. The standard InChI is InChI=1S/C10H13NO3/c1-6-3-8(10(12)13)4-9(5-11-14)7(6)2/h3-4,11,14H,5H2,1-2H3,(H,12,13). The number of carboxylic acid groups (broad SMARTS) is 1. The first kappa shape index (κ1) is 10.7. The first-order valence-corrected chi connectivity index (χ1v) is 4.26. The van der Waals surface area contributed by atoms with E-state index in [4.69, 9.17) is 10.3 Å². The molecular weight excluding hydrogens is 182 g/mol. The van der Waals surface area contributed by atoms with Gasteiger partial charge in [-0.3, -0.25) is 0 Å². The molecule has 76 valence electrons. The van der Waals surface area contributed by atoms with E-state index in [0.717, 1.165) is 16.7 Å². The van der Waals surface area contributed by atoms with E-state index in [2.05, 4.69) is 0 Å². The zero-order valence-electron chi connectivity index (χ0n) is 8.16. The Labute approximate surface area is 82.1 Å². The number of hydrogen-bond acceptors (Lipinski definition) is 3.